The summed E-state index contributed by atoms with van der Waals surface area (Å²) in [6.07, 6.45) is 8.25. The zero-order chi connectivity index (χ0) is 16.4. The molecule has 0 aliphatic carbocycles. The van der Waals surface area contributed by atoms with Crippen LogP contribution in [0, 0.1) is 5.41 Å². The van der Waals surface area contributed by atoms with Gasteiger partial charge in [-0.25, -0.2) is 4.98 Å². The average molecular weight is 342 g/mol. The molecule has 126 valence electrons. The summed E-state index contributed by atoms with van der Waals surface area (Å²) < 4.78 is 0. The molecular formula is C18H22N4OS. The Morgan fingerprint density at radius 2 is 2.21 bits per heavy atom. The number of carbonyl (C=O) groups excluding carboxylic acids is 1. The lowest BCUT2D eigenvalue weighted by molar-refractivity contribution is 0.0521. The molecule has 1 atom stereocenters. The van der Waals surface area contributed by atoms with Crippen molar-refractivity contribution in [2.45, 2.75) is 25.8 Å². The van der Waals surface area contributed by atoms with Gasteiger partial charge in [0, 0.05) is 44.0 Å². The van der Waals surface area contributed by atoms with Gasteiger partial charge in [-0.15, -0.1) is 0 Å². The quantitative estimate of drug-likeness (QED) is 0.860. The molecule has 4 rings (SSSR count). The Balaban J connectivity index is 1.42. The molecule has 2 saturated heterocycles. The van der Waals surface area contributed by atoms with Gasteiger partial charge in [-0.1, -0.05) is 0 Å². The second-order valence-corrected chi connectivity index (χ2v) is 7.79. The van der Waals surface area contributed by atoms with Crippen LogP contribution in [0.15, 0.2) is 35.4 Å². The van der Waals surface area contributed by atoms with Crippen LogP contribution in [-0.2, 0) is 6.54 Å². The molecular weight excluding hydrogens is 320 g/mol. The molecule has 2 aromatic rings. The summed E-state index contributed by atoms with van der Waals surface area (Å²) in [7, 11) is 0. The molecule has 1 amide bonds. The molecule has 0 N–H and O–H groups in total. The second-order valence-electron chi connectivity index (χ2n) is 7.01. The van der Waals surface area contributed by atoms with E-state index in [0.717, 1.165) is 39.1 Å². The van der Waals surface area contributed by atoms with Crippen LogP contribution in [0.3, 0.4) is 0 Å². The topological polar surface area (TPSA) is 49.3 Å². The third-order valence-corrected chi connectivity index (χ3v) is 5.97. The van der Waals surface area contributed by atoms with Crippen LogP contribution in [-0.4, -0.2) is 51.9 Å². The summed E-state index contributed by atoms with van der Waals surface area (Å²) in [6, 6.07) is 2.21. The van der Waals surface area contributed by atoms with Crippen molar-refractivity contribution in [3.05, 3.63) is 46.7 Å². The fourth-order valence-corrected chi connectivity index (χ4v) is 4.75. The highest BCUT2D eigenvalue weighted by Crippen LogP contribution is 2.39. The van der Waals surface area contributed by atoms with E-state index in [1.165, 1.54) is 18.4 Å². The van der Waals surface area contributed by atoms with Crippen LogP contribution < -0.4 is 0 Å². The Morgan fingerprint density at radius 1 is 1.25 bits per heavy atom. The molecule has 2 fully saturated rings. The van der Waals surface area contributed by atoms with Gasteiger partial charge < -0.3 is 4.90 Å². The van der Waals surface area contributed by atoms with Crippen molar-refractivity contribution in [3.63, 3.8) is 0 Å². The van der Waals surface area contributed by atoms with Gasteiger partial charge in [-0.3, -0.25) is 14.7 Å². The zero-order valence-electron chi connectivity index (χ0n) is 13.7. The van der Waals surface area contributed by atoms with Gasteiger partial charge in [0.15, 0.2) is 0 Å². The molecule has 0 aromatic carbocycles. The zero-order valence-corrected chi connectivity index (χ0v) is 14.5. The summed E-state index contributed by atoms with van der Waals surface area (Å²) in [6.45, 7) is 4.93. The van der Waals surface area contributed by atoms with Crippen molar-refractivity contribution in [2.24, 2.45) is 5.41 Å². The highest BCUT2D eigenvalue weighted by atomic mass is 32.1. The number of thiophene rings is 1. The number of aromatic nitrogens is 2. The minimum Gasteiger partial charge on any atom is -0.337 e. The largest absolute Gasteiger partial charge is 0.337 e. The van der Waals surface area contributed by atoms with Gasteiger partial charge in [0.05, 0.1) is 6.20 Å². The van der Waals surface area contributed by atoms with Crippen molar-refractivity contribution in [1.29, 1.82) is 0 Å². The van der Waals surface area contributed by atoms with Crippen LogP contribution in [0.4, 0.5) is 0 Å². The summed E-state index contributed by atoms with van der Waals surface area (Å²) in [5, 5.41) is 4.37. The summed E-state index contributed by atoms with van der Waals surface area (Å²) in [5.74, 6) is 0.0264. The van der Waals surface area contributed by atoms with E-state index in [4.69, 9.17) is 0 Å². The van der Waals surface area contributed by atoms with Crippen LogP contribution in [0.1, 0.15) is 35.3 Å². The fourth-order valence-electron chi connectivity index (χ4n) is 4.09. The van der Waals surface area contributed by atoms with Gasteiger partial charge in [0.25, 0.3) is 5.91 Å². The molecule has 0 saturated carbocycles. The van der Waals surface area contributed by atoms with Crippen LogP contribution >= 0.6 is 11.3 Å². The van der Waals surface area contributed by atoms with E-state index in [9.17, 15) is 4.79 Å². The third-order valence-electron chi connectivity index (χ3n) is 5.23. The molecule has 2 aromatic heterocycles. The Labute approximate surface area is 146 Å². The smallest absolute Gasteiger partial charge is 0.274 e. The number of rotatable bonds is 3. The predicted octanol–water partition coefficient (Wildman–Crippen LogP) is 2.67. The van der Waals surface area contributed by atoms with Crippen molar-refractivity contribution < 1.29 is 4.79 Å². The molecule has 0 radical (unpaired) electrons. The van der Waals surface area contributed by atoms with E-state index >= 15 is 0 Å². The highest BCUT2D eigenvalue weighted by Gasteiger charge is 2.42. The highest BCUT2D eigenvalue weighted by molar-refractivity contribution is 7.07. The number of hydrogen-bond acceptors (Lipinski definition) is 5. The molecule has 24 heavy (non-hydrogen) atoms. The molecule has 0 bridgehead atoms. The second kappa shape index (κ2) is 6.61. The summed E-state index contributed by atoms with van der Waals surface area (Å²) >= 11 is 1.76. The lowest BCUT2D eigenvalue weighted by Crippen LogP contribution is -2.47. The van der Waals surface area contributed by atoms with Crippen molar-refractivity contribution >= 4 is 17.2 Å². The van der Waals surface area contributed by atoms with E-state index < -0.39 is 0 Å². The average Bonchev–Trinajstić information content (AvgIpc) is 3.26. The van der Waals surface area contributed by atoms with Crippen LogP contribution in [0.5, 0.6) is 0 Å². The van der Waals surface area contributed by atoms with Gasteiger partial charge in [0.1, 0.15) is 5.69 Å². The fraction of sp³-hybridized carbons (Fsp3) is 0.500. The van der Waals surface area contributed by atoms with Crippen molar-refractivity contribution in [1.82, 2.24) is 19.8 Å². The first-order valence-electron chi connectivity index (χ1n) is 8.53. The number of nitrogens with zero attached hydrogens (tertiary/aromatic N) is 4. The van der Waals surface area contributed by atoms with Crippen LogP contribution in [0.25, 0.3) is 0 Å². The van der Waals surface area contributed by atoms with Crippen molar-refractivity contribution in [2.75, 3.05) is 26.2 Å². The number of carbonyl (C=O) groups is 1. The van der Waals surface area contributed by atoms with E-state index in [1.807, 2.05) is 4.90 Å². The van der Waals surface area contributed by atoms with Gasteiger partial charge in [-0.05, 0) is 48.2 Å². The van der Waals surface area contributed by atoms with Gasteiger partial charge in [0.2, 0.25) is 0 Å². The normalized spacial score (nSPS) is 24.6. The maximum Gasteiger partial charge on any atom is 0.274 e. The first kappa shape index (κ1) is 15.7. The Kier molecular flexibility index (Phi) is 4.33. The molecule has 5 nitrogen and oxygen atoms in total. The minimum atomic E-state index is 0.0264. The Hall–Kier alpha value is -1.79. The number of amides is 1. The number of hydrogen-bond donors (Lipinski definition) is 0. The van der Waals surface area contributed by atoms with E-state index in [0.29, 0.717) is 5.69 Å². The first-order valence-corrected chi connectivity index (χ1v) is 9.47. The van der Waals surface area contributed by atoms with E-state index in [2.05, 4.69) is 31.7 Å². The maximum absolute atomic E-state index is 12.7. The lowest BCUT2D eigenvalue weighted by Gasteiger charge is -2.40. The number of piperidine rings is 1. The summed E-state index contributed by atoms with van der Waals surface area (Å²) in [4.78, 5) is 25.4. The van der Waals surface area contributed by atoms with Crippen molar-refractivity contribution in [3.8, 4) is 0 Å². The first-order chi connectivity index (χ1) is 11.7. The Morgan fingerprint density at radius 3 is 3.00 bits per heavy atom. The van der Waals surface area contributed by atoms with Gasteiger partial charge >= 0.3 is 0 Å². The summed E-state index contributed by atoms with van der Waals surface area (Å²) in [5.41, 5.74) is 2.12. The minimum absolute atomic E-state index is 0.0264. The van der Waals surface area contributed by atoms with Crippen LogP contribution in [0.2, 0.25) is 0 Å². The molecule has 0 unspecified atom stereocenters. The standard InChI is InChI=1S/C18H22N4OS/c23-17(16-10-19-5-6-20-16)22-7-1-3-18(14-22)4-8-21(13-18)11-15-2-9-24-12-15/h2,5-6,9-10,12H,1,3-4,7-8,11,13-14H2/t18-/m1/s1. The van der Waals surface area contributed by atoms with E-state index in [1.54, 1.807) is 29.9 Å². The third kappa shape index (κ3) is 3.21. The lowest BCUT2D eigenvalue weighted by atomic mass is 9.79. The van der Waals surface area contributed by atoms with E-state index in [-0.39, 0.29) is 11.3 Å². The monoisotopic (exact) mass is 342 g/mol. The molecule has 1 spiro atoms. The molecule has 6 heteroatoms. The maximum atomic E-state index is 12.7. The molecule has 2 aliphatic heterocycles. The van der Waals surface area contributed by atoms with Gasteiger partial charge in [-0.2, -0.15) is 11.3 Å². The molecule has 4 heterocycles. The Bertz CT molecular complexity index is 690. The predicted molar refractivity (Wildman–Crippen MR) is 93.8 cm³/mol. The SMILES string of the molecule is O=C(c1cnccn1)N1CCC[C@]2(CCN(Cc3ccsc3)C2)C1. The molecule has 2 aliphatic rings. The number of likely N-dealkylation sites (tertiary alicyclic amines) is 2.